The van der Waals surface area contributed by atoms with Crippen LogP contribution in [0.15, 0.2) is 4.99 Å². The summed E-state index contributed by atoms with van der Waals surface area (Å²) in [5.41, 5.74) is 21.0. The molecule has 0 spiro atoms. The van der Waals surface area contributed by atoms with Crippen molar-refractivity contribution in [3.8, 4) is 0 Å². The lowest BCUT2D eigenvalue weighted by atomic mass is 10.1. The van der Waals surface area contributed by atoms with Crippen molar-refractivity contribution in [2.24, 2.45) is 27.9 Å². The lowest BCUT2D eigenvalue weighted by molar-refractivity contribution is -0.147. The number of nitrogens with zero attached hydrogens (tertiary/aromatic N) is 1. The number of carbonyl (C=O) groups is 7. The highest BCUT2D eigenvalue weighted by Crippen LogP contribution is 2.05. The van der Waals surface area contributed by atoms with Crippen molar-refractivity contribution in [3.05, 3.63) is 0 Å². The van der Waals surface area contributed by atoms with Crippen LogP contribution in [0.1, 0.15) is 38.5 Å². The first-order chi connectivity index (χ1) is 17.1. The normalized spacial score (nSPS) is 13.6. The van der Waals surface area contributed by atoms with Crippen LogP contribution in [0.3, 0.4) is 0 Å². The molecule has 0 aromatic rings. The molecule has 18 nitrogen and oxygen atoms in total. The van der Waals surface area contributed by atoms with Crippen molar-refractivity contribution in [1.82, 2.24) is 16.0 Å². The molecule has 0 rings (SSSR count). The summed E-state index contributed by atoms with van der Waals surface area (Å²) in [6, 6.07) is -6.34. The molecule has 0 aromatic carbocycles. The van der Waals surface area contributed by atoms with E-state index in [0.717, 1.165) is 0 Å². The van der Waals surface area contributed by atoms with Gasteiger partial charge in [0.1, 0.15) is 18.1 Å². The van der Waals surface area contributed by atoms with Crippen molar-refractivity contribution in [2.75, 3.05) is 6.54 Å². The Morgan fingerprint density at radius 1 is 0.703 bits per heavy atom. The van der Waals surface area contributed by atoms with Crippen LogP contribution in [-0.4, -0.2) is 93.5 Å². The van der Waals surface area contributed by atoms with E-state index in [1.165, 1.54) is 0 Å². The molecular weight excluding hydrogens is 500 g/mol. The fourth-order valence-electron chi connectivity index (χ4n) is 2.78. The number of nitrogens with one attached hydrogen (secondary N) is 3. The number of nitrogens with two attached hydrogens (primary N) is 4. The highest BCUT2D eigenvalue weighted by molar-refractivity contribution is 5.96. The van der Waals surface area contributed by atoms with Gasteiger partial charge >= 0.3 is 17.9 Å². The molecule has 0 saturated carbocycles. The predicted molar refractivity (Wildman–Crippen MR) is 124 cm³/mol. The van der Waals surface area contributed by atoms with Crippen LogP contribution < -0.4 is 38.9 Å². The van der Waals surface area contributed by atoms with E-state index in [9.17, 15) is 33.6 Å². The third kappa shape index (κ3) is 14.5. The molecule has 0 aliphatic rings. The van der Waals surface area contributed by atoms with Crippen LogP contribution in [0, 0.1) is 0 Å². The molecule has 18 heteroatoms. The number of rotatable bonds is 18. The van der Waals surface area contributed by atoms with Crippen LogP contribution in [0.2, 0.25) is 0 Å². The van der Waals surface area contributed by atoms with Crippen molar-refractivity contribution >= 4 is 47.5 Å². The second-order valence-corrected chi connectivity index (χ2v) is 7.78. The van der Waals surface area contributed by atoms with Gasteiger partial charge in [-0.3, -0.25) is 33.8 Å². The Morgan fingerprint density at radius 3 is 1.68 bits per heavy atom. The molecule has 4 amide bonds. The smallest absolute Gasteiger partial charge is 0.326 e. The number of hydrogen-bond donors (Lipinski definition) is 10. The van der Waals surface area contributed by atoms with Crippen LogP contribution in [0.25, 0.3) is 0 Å². The number of aliphatic carboxylic acids is 3. The van der Waals surface area contributed by atoms with E-state index in [2.05, 4.69) is 15.6 Å². The van der Waals surface area contributed by atoms with Crippen LogP contribution in [0.4, 0.5) is 0 Å². The fraction of sp³-hybridized carbons (Fsp3) is 0.579. The zero-order valence-corrected chi connectivity index (χ0v) is 19.7. The first-order valence-corrected chi connectivity index (χ1v) is 10.8. The lowest BCUT2D eigenvalue weighted by Gasteiger charge is -2.24. The number of carboxylic acids is 3. The maximum Gasteiger partial charge on any atom is 0.326 e. The zero-order chi connectivity index (χ0) is 28.7. The van der Waals surface area contributed by atoms with E-state index in [1.807, 2.05) is 5.32 Å². The second-order valence-electron chi connectivity index (χ2n) is 7.78. The Kier molecular flexibility index (Phi) is 14.3. The number of hydrogen-bond acceptors (Lipinski definition) is 9. The summed E-state index contributed by atoms with van der Waals surface area (Å²) in [4.78, 5) is 85.8. The van der Waals surface area contributed by atoms with Crippen molar-refractivity contribution in [3.63, 3.8) is 0 Å². The SMILES string of the molecule is NC(=O)CCC(N)C(=O)NC(CC(=O)O)C(=O)NC(CCCN=C(N)N)C(=O)NC(CC(=O)O)C(=O)O. The van der Waals surface area contributed by atoms with Gasteiger partial charge in [-0.1, -0.05) is 0 Å². The Hall–Kier alpha value is -4.48. The Bertz CT molecular complexity index is 905. The second kappa shape index (κ2) is 16.2. The standard InChI is InChI=1S/C19H32N8O10/c20-8(3-4-12(21)28)15(33)26-10(6-13(29)30)17(35)25-9(2-1-5-24-19(22)23)16(34)27-11(18(36)37)7-14(31)32/h8-11H,1-7,20H2,(H2,21,28)(H,25,35)(H,26,33)(H,27,34)(H,29,30)(H,31,32)(H,36,37)(H4,22,23,24). The zero-order valence-electron chi connectivity index (χ0n) is 19.7. The van der Waals surface area contributed by atoms with Crippen LogP contribution >= 0.6 is 0 Å². The summed E-state index contributed by atoms with van der Waals surface area (Å²) < 4.78 is 0. The monoisotopic (exact) mass is 532 g/mol. The summed E-state index contributed by atoms with van der Waals surface area (Å²) in [6.45, 7) is 0.00345. The minimum atomic E-state index is -1.83. The Morgan fingerprint density at radius 2 is 1.19 bits per heavy atom. The first kappa shape index (κ1) is 32.5. The Balaban J connectivity index is 5.66. The molecule has 0 bridgehead atoms. The third-order valence-electron chi connectivity index (χ3n) is 4.62. The predicted octanol–water partition coefficient (Wildman–Crippen LogP) is -4.88. The maximum atomic E-state index is 12.8. The number of aliphatic imine (C=N–C) groups is 1. The van der Waals surface area contributed by atoms with Gasteiger partial charge in [-0.05, 0) is 19.3 Å². The number of guanidine groups is 1. The quantitative estimate of drug-likeness (QED) is 0.0450. The number of amides is 4. The largest absolute Gasteiger partial charge is 0.481 e. The minimum Gasteiger partial charge on any atom is -0.481 e. The average Bonchev–Trinajstić information content (AvgIpc) is 2.77. The summed E-state index contributed by atoms with van der Waals surface area (Å²) in [6.07, 6.45) is -2.40. The van der Waals surface area contributed by atoms with E-state index in [1.54, 1.807) is 0 Å². The van der Waals surface area contributed by atoms with Crippen molar-refractivity contribution in [1.29, 1.82) is 0 Å². The van der Waals surface area contributed by atoms with E-state index in [-0.39, 0.29) is 38.2 Å². The van der Waals surface area contributed by atoms with Gasteiger partial charge < -0.3 is 54.2 Å². The van der Waals surface area contributed by atoms with Gasteiger partial charge in [0.25, 0.3) is 0 Å². The molecule has 208 valence electrons. The molecule has 0 radical (unpaired) electrons. The minimum absolute atomic E-state index is 0.00345. The molecule has 0 saturated heterocycles. The van der Waals surface area contributed by atoms with Gasteiger partial charge in [0.05, 0.1) is 18.9 Å². The summed E-state index contributed by atoms with van der Waals surface area (Å²) in [5.74, 6) is -8.85. The van der Waals surface area contributed by atoms with Crippen LogP contribution in [0.5, 0.6) is 0 Å². The highest BCUT2D eigenvalue weighted by atomic mass is 16.4. The van der Waals surface area contributed by atoms with E-state index < -0.39 is 78.5 Å². The molecule has 37 heavy (non-hydrogen) atoms. The van der Waals surface area contributed by atoms with Gasteiger partial charge in [0.15, 0.2) is 5.96 Å². The molecule has 4 atom stereocenters. The number of carbonyl (C=O) groups excluding carboxylic acids is 4. The van der Waals surface area contributed by atoms with Gasteiger partial charge in [-0.25, -0.2) is 4.79 Å². The first-order valence-electron chi connectivity index (χ1n) is 10.8. The molecule has 0 aliphatic carbocycles. The fourth-order valence-corrected chi connectivity index (χ4v) is 2.78. The lowest BCUT2D eigenvalue weighted by Crippen LogP contribution is -2.57. The van der Waals surface area contributed by atoms with Gasteiger partial charge in [-0.2, -0.15) is 0 Å². The topological polar surface area (TPSA) is 333 Å². The molecule has 0 aliphatic heterocycles. The Labute approximate surface area is 210 Å². The van der Waals surface area contributed by atoms with E-state index in [4.69, 9.17) is 38.3 Å². The molecule has 14 N–H and O–H groups in total. The number of primary amides is 1. The number of carboxylic acid groups (broad SMARTS) is 3. The average molecular weight is 533 g/mol. The molecule has 0 fully saturated rings. The molecule has 4 unspecified atom stereocenters. The summed E-state index contributed by atoms with van der Waals surface area (Å²) in [5, 5.41) is 33.5. The van der Waals surface area contributed by atoms with Gasteiger partial charge in [0.2, 0.25) is 23.6 Å². The summed E-state index contributed by atoms with van der Waals surface area (Å²) >= 11 is 0. The van der Waals surface area contributed by atoms with Crippen molar-refractivity contribution < 1.29 is 48.9 Å². The van der Waals surface area contributed by atoms with E-state index >= 15 is 0 Å². The molecule has 0 heterocycles. The molecule has 0 aromatic heterocycles. The van der Waals surface area contributed by atoms with E-state index in [0.29, 0.717) is 0 Å². The van der Waals surface area contributed by atoms with Gasteiger partial charge in [0, 0.05) is 13.0 Å². The summed E-state index contributed by atoms with van der Waals surface area (Å²) in [7, 11) is 0. The molecular formula is C19H32N8O10. The van der Waals surface area contributed by atoms with Crippen LogP contribution in [-0.2, 0) is 33.6 Å². The van der Waals surface area contributed by atoms with Gasteiger partial charge in [-0.15, -0.1) is 0 Å². The highest BCUT2D eigenvalue weighted by Gasteiger charge is 2.32. The third-order valence-corrected chi connectivity index (χ3v) is 4.62. The van der Waals surface area contributed by atoms with Crippen molar-refractivity contribution in [2.45, 2.75) is 62.7 Å². The maximum absolute atomic E-state index is 12.8.